The van der Waals surface area contributed by atoms with E-state index in [1.54, 1.807) is 0 Å². The molecule has 0 spiro atoms. The van der Waals surface area contributed by atoms with Gasteiger partial charge in [-0.05, 0) is 49.8 Å². The minimum Gasteiger partial charge on any atom is -0.381 e. The number of carbonyl (C=O) groups is 1. The van der Waals surface area contributed by atoms with Crippen molar-refractivity contribution in [2.45, 2.75) is 13.0 Å². The number of thiophene rings is 1. The average Bonchev–Trinajstić information content (AvgIpc) is 3.15. The summed E-state index contributed by atoms with van der Waals surface area (Å²) in [5.41, 5.74) is 1.72. The fraction of sp³-hybridized carbons (Fsp3) is 0.333. The molecule has 35 heavy (non-hydrogen) atoms. The molecule has 0 unspecified atom stereocenters. The molecule has 6 rings (SSSR count). The lowest BCUT2D eigenvalue weighted by molar-refractivity contribution is 0.0949. The Labute approximate surface area is 211 Å². The zero-order chi connectivity index (χ0) is 24.1. The molecule has 1 saturated heterocycles. The Morgan fingerprint density at radius 1 is 1.09 bits per heavy atom. The number of halogens is 1. The van der Waals surface area contributed by atoms with Crippen LogP contribution < -0.4 is 20.9 Å². The van der Waals surface area contributed by atoms with Crippen LogP contribution >= 0.6 is 22.9 Å². The minimum atomic E-state index is -0.0325. The van der Waals surface area contributed by atoms with Crippen molar-refractivity contribution in [3.05, 3.63) is 40.5 Å². The number of pyridine rings is 1. The summed E-state index contributed by atoms with van der Waals surface area (Å²) in [4.78, 5) is 31.5. The number of anilines is 4. The second kappa shape index (κ2) is 8.78. The molecule has 0 bridgehead atoms. The number of nitrogens with one attached hydrogen (secondary N) is 3. The normalized spacial score (nSPS) is 18.8. The van der Waals surface area contributed by atoms with Gasteiger partial charge in [0.1, 0.15) is 22.3 Å². The van der Waals surface area contributed by atoms with E-state index >= 15 is 0 Å². The van der Waals surface area contributed by atoms with E-state index in [0.29, 0.717) is 23.1 Å². The minimum absolute atomic E-state index is 0.0325. The summed E-state index contributed by atoms with van der Waals surface area (Å²) in [6.45, 7) is 6.42. The van der Waals surface area contributed by atoms with Crippen molar-refractivity contribution in [1.29, 1.82) is 0 Å². The van der Waals surface area contributed by atoms with Crippen molar-refractivity contribution < 1.29 is 4.79 Å². The predicted octanol–water partition coefficient (Wildman–Crippen LogP) is 3.93. The highest BCUT2D eigenvalue weighted by Crippen LogP contribution is 2.41. The van der Waals surface area contributed by atoms with Crippen LogP contribution in [0, 0.1) is 0 Å². The number of likely N-dealkylation sites (N-methyl/N-ethyl adjacent to an activating group) is 1. The molecule has 180 valence electrons. The summed E-state index contributed by atoms with van der Waals surface area (Å²) in [7, 11) is 2.12. The Hall–Kier alpha value is -3.21. The van der Waals surface area contributed by atoms with E-state index < -0.39 is 0 Å². The zero-order valence-electron chi connectivity index (χ0n) is 19.4. The zero-order valence-corrected chi connectivity index (χ0v) is 21.0. The molecule has 1 fully saturated rings. The van der Waals surface area contributed by atoms with Crippen LogP contribution in [0.15, 0.2) is 30.3 Å². The maximum absolute atomic E-state index is 12.7. The van der Waals surface area contributed by atoms with Gasteiger partial charge >= 0.3 is 0 Å². The number of aromatic nitrogens is 3. The molecule has 5 heterocycles. The van der Waals surface area contributed by atoms with Crippen LogP contribution in [0.1, 0.15) is 16.6 Å². The first-order chi connectivity index (χ1) is 16.9. The highest BCUT2D eigenvalue weighted by molar-refractivity contribution is 7.21. The third kappa shape index (κ3) is 4.22. The van der Waals surface area contributed by atoms with Crippen molar-refractivity contribution in [2.75, 3.05) is 55.3 Å². The molecule has 11 heteroatoms. The fourth-order valence-corrected chi connectivity index (χ4v) is 5.87. The predicted molar refractivity (Wildman–Crippen MR) is 143 cm³/mol. The van der Waals surface area contributed by atoms with Crippen LogP contribution in [0.25, 0.3) is 21.0 Å². The van der Waals surface area contributed by atoms with E-state index in [9.17, 15) is 4.79 Å². The van der Waals surface area contributed by atoms with Crippen molar-refractivity contribution in [1.82, 2.24) is 25.2 Å². The highest BCUT2D eigenvalue weighted by atomic mass is 35.5. The largest absolute Gasteiger partial charge is 0.381 e. The second-order valence-corrected chi connectivity index (χ2v) is 10.4. The number of carbonyl (C=O) groups excluding carboxylic acids is 1. The smallest absolute Gasteiger partial charge is 0.263 e. The molecule has 1 atom stereocenters. The molecular formula is C24H25ClN8OS. The van der Waals surface area contributed by atoms with E-state index in [2.05, 4.69) is 42.8 Å². The lowest BCUT2D eigenvalue weighted by Gasteiger charge is -2.33. The van der Waals surface area contributed by atoms with Crippen LogP contribution in [-0.4, -0.2) is 71.6 Å². The van der Waals surface area contributed by atoms with Gasteiger partial charge in [-0.15, -0.1) is 11.3 Å². The number of fused-ring (bicyclic) bond motifs is 5. The number of amides is 1. The number of benzene rings is 1. The maximum Gasteiger partial charge on any atom is 0.263 e. The molecule has 2 aliphatic rings. The Morgan fingerprint density at radius 3 is 2.74 bits per heavy atom. The first kappa shape index (κ1) is 22.3. The van der Waals surface area contributed by atoms with E-state index in [1.165, 1.54) is 11.3 Å². The summed E-state index contributed by atoms with van der Waals surface area (Å²) in [6, 6.07) is 9.96. The van der Waals surface area contributed by atoms with Crippen LogP contribution in [0.4, 0.5) is 23.1 Å². The van der Waals surface area contributed by atoms with Gasteiger partial charge < -0.3 is 25.8 Å². The molecule has 3 aromatic heterocycles. The van der Waals surface area contributed by atoms with E-state index in [0.717, 1.165) is 58.7 Å². The van der Waals surface area contributed by atoms with Gasteiger partial charge in [-0.25, -0.2) is 15.0 Å². The summed E-state index contributed by atoms with van der Waals surface area (Å²) in [5, 5.41) is 12.0. The van der Waals surface area contributed by atoms with Gasteiger partial charge in [0.15, 0.2) is 0 Å². The monoisotopic (exact) mass is 508 g/mol. The fourth-order valence-electron chi connectivity index (χ4n) is 4.59. The topological polar surface area (TPSA) is 98.3 Å². The first-order valence-corrected chi connectivity index (χ1v) is 12.8. The molecule has 1 amide bonds. The van der Waals surface area contributed by atoms with Crippen LogP contribution in [0.3, 0.4) is 0 Å². The van der Waals surface area contributed by atoms with Crippen molar-refractivity contribution >= 4 is 73.0 Å². The van der Waals surface area contributed by atoms with Crippen LogP contribution in [-0.2, 0) is 0 Å². The second-order valence-electron chi connectivity index (χ2n) is 9.06. The van der Waals surface area contributed by atoms with Gasteiger partial charge in [0.05, 0.1) is 11.2 Å². The molecule has 0 radical (unpaired) electrons. The molecule has 1 aromatic carbocycles. The number of rotatable bonds is 3. The molecule has 0 saturated carbocycles. The van der Waals surface area contributed by atoms with Crippen LogP contribution in [0.5, 0.6) is 0 Å². The lowest BCUT2D eigenvalue weighted by atomic mass is 10.1. The van der Waals surface area contributed by atoms with Gasteiger partial charge in [0.25, 0.3) is 5.91 Å². The standard InChI is InChI=1S/C24H25ClN8OS/c1-13-12-26-21-20-14-3-6-17(28-15(14)4-5-16(20)35-22(21)23(34)27-13)29-18-11-19(31-24(25)30-18)33-9-7-32(2)8-10-33/h3-6,11,13,26H,7-10,12H2,1-2H3,(H,27,34)(H,28,29,30,31)/t13-/m1/s1. The third-order valence-electron chi connectivity index (χ3n) is 6.46. The Balaban J connectivity index is 1.33. The Kier molecular flexibility index (Phi) is 5.58. The highest BCUT2D eigenvalue weighted by Gasteiger charge is 2.25. The maximum atomic E-state index is 12.7. The Bertz CT molecular complexity index is 1450. The number of nitrogens with zero attached hydrogens (tertiary/aromatic N) is 5. The molecule has 0 aliphatic carbocycles. The van der Waals surface area contributed by atoms with E-state index in [4.69, 9.17) is 16.6 Å². The van der Waals surface area contributed by atoms with Crippen molar-refractivity contribution in [3.8, 4) is 0 Å². The number of piperazine rings is 1. The molecular weight excluding hydrogens is 484 g/mol. The molecule has 3 N–H and O–H groups in total. The first-order valence-electron chi connectivity index (χ1n) is 11.6. The van der Waals surface area contributed by atoms with Gasteiger partial charge in [-0.3, -0.25) is 4.79 Å². The van der Waals surface area contributed by atoms with Gasteiger partial charge in [0, 0.05) is 60.3 Å². The molecule has 2 aliphatic heterocycles. The molecule has 4 aromatic rings. The summed E-state index contributed by atoms with van der Waals surface area (Å²) < 4.78 is 1.06. The number of hydrogen-bond acceptors (Lipinski definition) is 9. The Morgan fingerprint density at radius 2 is 1.91 bits per heavy atom. The third-order valence-corrected chi connectivity index (χ3v) is 7.78. The molecule has 9 nitrogen and oxygen atoms in total. The summed E-state index contributed by atoms with van der Waals surface area (Å²) in [6.07, 6.45) is 0. The number of hydrogen-bond donors (Lipinski definition) is 3. The summed E-state index contributed by atoms with van der Waals surface area (Å²) >= 11 is 7.76. The van der Waals surface area contributed by atoms with Gasteiger partial charge in [0.2, 0.25) is 5.28 Å². The van der Waals surface area contributed by atoms with Crippen molar-refractivity contribution in [2.24, 2.45) is 0 Å². The average molecular weight is 509 g/mol. The quantitative estimate of drug-likeness (QED) is 0.358. The summed E-state index contributed by atoms with van der Waals surface area (Å²) in [5.74, 6) is 2.04. The SMILES string of the molecule is C[C@@H]1CNc2c(sc3ccc4nc(Nc5cc(N6CCN(C)CC6)nc(Cl)n5)ccc4c23)C(=O)N1. The van der Waals surface area contributed by atoms with Gasteiger partial charge in [-0.2, -0.15) is 0 Å². The van der Waals surface area contributed by atoms with Gasteiger partial charge in [-0.1, -0.05) is 0 Å². The lowest BCUT2D eigenvalue weighted by Crippen LogP contribution is -2.44. The van der Waals surface area contributed by atoms with Crippen LogP contribution in [0.2, 0.25) is 5.28 Å². The van der Waals surface area contributed by atoms with E-state index in [1.807, 2.05) is 37.3 Å². The van der Waals surface area contributed by atoms with E-state index in [-0.39, 0.29) is 17.2 Å². The van der Waals surface area contributed by atoms with Crippen molar-refractivity contribution in [3.63, 3.8) is 0 Å².